The Balaban J connectivity index is 0.879. The molecule has 6 amide bonds. The van der Waals surface area contributed by atoms with Crippen molar-refractivity contribution in [1.29, 1.82) is 0 Å². The fourth-order valence-electron chi connectivity index (χ4n) is 12.5. The molecule has 1 aliphatic carbocycles. The van der Waals surface area contributed by atoms with Crippen LogP contribution in [0.2, 0.25) is 0 Å². The van der Waals surface area contributed by atoms with Crippen molar-refractivity contribution in [3.63, 3.8) is 0 Å². The summed E-state index contributed by atoms with van der Waals surface area (Å²) < 4.78 is 29.3. The number of likely N-dealkylation sites (N-methyl/N-ethyl adjacent to an activating group) is 2. The zero-order valence-corrected chi connectivity index (χ0v) is 56.4. The van der Waals surface area contributed by atoms with Gasteiger partial charge in [0.2, 0.25) is 23.6 Å². The third kappa shape index (κ3) is 23.1. The maximum absolute atomic E-state index is 14.4. The molecular formula is C67H103N9O12S2. The molecule has 10 atom stereocenters. The number of likely N-dealkylation sites (tertiary alicyclic amines) is 1. The lowest BCUT2D eigenvalue weighted by Crippen LogP contribution is -2.55. The van der Waals surface area contributed by atoms with Crippen LogP contribution in [0.25, 0.3) is 11.0 Å². The lowest BCUT2D eigenvalue weighted by atomic mass is 9.90. The Bertz CT molecular complexity index is 2750. The normalized spacial score (nSPS) is 19.7. The molecule has 3 unspecified atom stereocenters. The topological polar surface area (TPSA) is 252 Å². The van der Waals surface area contributed by atoms with Gasteiger partial charge in [0.25, 0.3) is 11.8 Å². The summed E-state index contributed by atoms with van der Waals surface area (Å²) in [5.41, 5.74) is 6.74. The van der Waals surface area contributed by atoms with Gasteiger partial charge >= 0.3 is 0 Å². The number of aromatic nitrogens is 2. The molecule has 21 nitrogen and oxygen atoms in total. The molecule has 90 heavy (non-hydrogen) atoms. The van der Waals surface area contributed by atoms with E-state index in [0.717, 1.165) is 45.6 Å². The van der Waals surface area contributed by atoms with Crippen molar-refractivity contribution in [2.45, 2.75) is 176 Å². The van der Waals surface area contributed by atoms with Crippen LogP contribution in [0.5, 0.6) is 0 Å². The van der Waals surface area contributed by atoms with Crippen molar-refractivity contribution in [2.75, 3.05) is 94.1 Å². The van der Waals surface area contributed by atoms with Gasteiger partial charge in [-0.1, -0.05) is 110 Å². The molecule has 23 heteroatoms. The number of nitrogens with zero attached hydrogens (tertiary/aromatic N) is 5. The first kappa shape index (κ1) is 73.8. The quantitative estimate of drug-likeness (QED) is 0.0168. The van der Waals surface area contributed by atoms with E-state index in [0.29, 0.717) is 101 Å². The van der Waals surface area contributed by atoms with E-state index in [1.165, 1.54) is 71.7 Å². The Hall–Kier alpha value is -5.24. The standard InChI is InChI=1S/C67H103N9O12S2/c1-10-46(4)63(58(84-8)41-60(78)76-30-19-24-57(76)64(85-9)47(5)65(80)70-50(26-28-59(77)73-83)38-48-20-15-14-16-21-48)75(7)61(79)42-69-67(82)62(45(2)3)74(6)31-33-87-35-37-88-36-34-86-32-29-68-66(81)49-25-27-53-54(39-49)72-56-44-90-52-23-18-13-11-12-17-22-51(40-52)89-43-55(56)71-53/h14-16,20-21,25-28,39,45-47,50-52,57-58,62-64,83H,10-13,17-19,22-24,29-38,40-44H2,1-9H3,(H,68,81)(H,69,82)(H,70,80)(H,73,77)/b28-26+/t46-,47+,50+,51?,52?,57-,58+,62?,63-,64+/m0/s1. The van der Waals surface area contributed by atoms with Crippen molar-refractivity contribution in [3.05, 3.63) is 83.2 Å². The lowest BCUT2D eigenvalue weighted by Gasteiger charge is -2.39. The number of rotatable bonds is 34. The first-order chi connectivity index (χ1) is 43.5. The van der Waals surface area contributed by atoms with Gasteiger partial charge in [0.15, 0.2) is 0 Å². The SMILES string of the molecule is CC[C@H](C)[C@@H]([C@@H](CC(=O)N1CCC[C@H]1[C@H](OC)[C@@H](C)C(=O)N[C@H](/C=C/C(=O)NO)Cc1ccccc1)OC)N(C)C(=O)CNC(=O)C(C(C)C)N(C)CCOCCOCCOCCNC(=O)c1ccc2nc3c(nc2c1)CSC1CCCCCCCC(C1)SC3. The summed E-state index contributed by atoms with van der Waals surface area (Å²) in [6.45, 7) is 12.8. The van der Waals surface area contributed by atoms with Crippen LogP contribution in [0.15, 0.2) is 60.7 Å². The second kappa shape index (κ2) is 39.3. The van der Waals surface area contributed by atoms with E-state index in [4.69, 9.17) is 38.9 Å². The van der Waals surface area contributed by atoms with E-state index >= 15 is 0 Å². The van der Waals surface area contributed by atoms with Gasteiger partial charge in [-0.05, 0) is 81.2 Å². The van der Waals surface area contributed by atoms with Crippen LogP contribution in [0, 0.1) is 17.8 Å². The Morgan fingerprint density at radius 2 is 1.41 bits per heavy atom. The summed E-state index contributed by atoms with van der Waals surface area (Å²) in [7, 11) is 6.59. The molecule has 3 aromatic rings. The third-order valence-electron chi connectivity index (χ3n) is 17.7. The van der Waals surface area contributed by atoms with Crippen molar-refractivity contribution in [2.24, 2.45) is 17.8 Å². The zero-order chi connectivity index (χ0) is 65.0. The molecule has 3 heterocycles. The minimum absolute atomic E-state index is 0.0310. The molecule has 0 spiro atoms. The van der Waals surface area contributed by atoms with Crippen molar-refractivity contribution in [3.8, 4) is 0 Å². The predicted octanol–water partition coefficient (Wildman–Crippen LogP) is 7.54. The van der Waals surface area contributed by atoms with Gasteiger partial charge < -0.3 is 49.4 Å². The molecule has 5 N–H and O–H groups in total. The highest BCUT2D eigenvalue weighted by atomic mass is 32.2. The maximum Gasteiger partial charge on any atom is 0.267 e. The molecule has 2 bridgehead atoms. The molecule has 500 valence electrons. The number of methoxy groups -OCH3 is 2. The number of fused-ring (bicyclic) bond motifs is 4. The molecule has 0 radical (unpaired) electrons. The summed E-state index contributed by atoms with van der Waals surface area (Å²) in [4.78, 5) is 96.5. The van der Waals surface area contributed by atoms with E-state index < -0.39 is 48.2 Å². The number of nitrogens with one attached hydrogen (secondary N) is 4. The minimum atomic E-state index is -0.727. The Morgan fingerprint density at radius 3 is 2.04 bits per heavy atom. The summed E-state index contributed by atoms with van der Waals surface area (Å²) in [6.07, 6.45) is 14.2. The fourth-order valence-corrected chi connectivity index (χ4v) is 15.3. The average Bonchev–Trinajstić information content (AvgIpc) is 1.90. The van der Waals surface area contributed by atoms with Crippen LogP contribution in [0.3, 0.4) is 0 Å². The van der Waals surface area contributed by atoms with Gasteiger partial charge in [0.05, 0.1) is 117 Å². The Labute approximate surface area is 542 Å². The average molecular weight is 1290 g/mol. The first-order valence-electron chi connectivity index (χ1n) is 32.6. The lowest BCUT2D eigenvalue weighted by molar-refractivity contribution is -0.146. The first-order valence-corrected chi connectivity index (χ1v) is 34.7. The number of benzene rings is 2. The van der Waals surface area contributed by atoms with E-state index in [2.05, 4.69) is 27.7 Å². The van der Waals surface area contributed by atoms with Crippen molar-refractivity contribution >= 4 is 70.0 Å². The molecular weight excluding hydrogens is 1190 g/mol. The number of ether oxygens (including phenoxy) is 5. The predicted molar refractivity (Wildman–Crippen MR) is 353 cm³/mol. The van der Waals surface area contributed by atoms with Crippen LogP contribution in [0.4, 0.5) is 0 Å². The molecule has 2 aliphatic heterocycles. The molecule has 1 saturated carbocycles. The van der Waals surface area contributed by atoms with Gasteiger partial charge in [-0.3, -0.25) is 38.9 Å². The number of amides is 6. The summed E-state index contributed by atoms with van der Waals surface area (Å²) in [6, 6.07) is 13.0. The summed E-state index contributed by atoms with van der Waals surface area (Å²) >= 11 is 4.09. The molecule has 6 rings (SSSR count). The Kier molecular flexibility index (Phi) is 32.3. The van der Waals surface area contributed by atoms with E-state index in [-0.39, 0.29) is 54.3 Å². The number of hydrogen-bond acceptors (Lipinski definition) is 17. The second-order valence-corrected chi connectivity index (χ2v) is 27.1. The highest BCUT2D eigenvalue weighted by Gasteiger charge is 2.42. The van der Waals surface area contributed by atoms with Gasteiger partial charge in [-0.25, -0.2) is 15.4 Å². The highest BCUT2D eigenvalue weighted by Crippen LogP contribution is 2.38. The van der Waals surface area contributed by atoms with Crippen molar-refractivity contribution in [1.82, 2.24) is 46.1 Å². The van der Waals surface area contributed by atoms with Crippen LogP contribution in [0.1, 0.15) is 139 Å². The van der Waals surface area contributed by atoms with Crippen LogP contribution in [-0.2, 0) is 65.6 Å². The fraction of sp³-hybridized carbons (Fsp3) is 0.672. The smallest absolute Gasteiger partial charge is 0.267 e. The van der Waals surface area contributed by atoms with Gasteiger partial charge in [-0.2, -0.15) is 23.5 Å². The molecule has 1 saturated heterocycles. The monoisotopic (exact) mass is 1290 g/mol. The second-order valence-electron chi connectivity index (χ2n) is 24.5. The highest BCUT2D eigenvalue weighted by molar-refractivity contribution is 8.00. The van der Waals surface area contributed by atoms with Crippen molar-refractivity contribution < 1.29 is 57.7 Å². The largest absolute Gasteiger partial charge is 0.379 e. The van der Waals surface area contributed by atoms with E-state index in [1.54, 1.807) is 29.3 Å². The molecule has 2 aromatic carbocycles. The number of thioether (sulfide) groups is 2. The molecule has 3 aliphatic rings. The minimum Gasteiger partial charge on any atom is -0.379 e. The summed E-state index contributed by atoms with van der Waals surface area (Å²) in [5, 5.41) is 19.2. The van der Waals surface area contributed by atoms with Gasteiger partial charge in [0.1, 0.15) is 0 Å². The van der Waals surface area contributed by atoms with E-state index in [9.17, 15) is 28.8 Å². The maximum atomic E-state index is 14.4. The van der Waals surface area contributed by atoms with Crippen LogP contribution < -0.4 is 21.4 Å². The number of hydrogen-bond donors (Lipinski definition) is 5. The number of carbonyl (C=O) groups excluding carboxylic acids is 6. The van der Waals surface area contributed by atoms with Crippen LogP contribution >= 0.6 is 23.5 Å². The van der Waals surface area contributed by atoms with Gasteiger partial charge in [-0.15, -0.1) is 0 Å². The van der Waals surface area contributed by atoms with E-state index in [1.807, 2.05) is 99.9 Å². The molecule has 2 fully saturated rings. The Morgan fingerprint density at radius 1 is 0.767 bits per heavy atom. The molecule has 1 aromatic heterocycles. The third-order valence-corrected chi connectivity index (χ3v) is 20.4. The summed E-state index contributed by atoms with van der Waals surface area (Å²) in [5.74, 6) is -1.17. The van der Waals surface area contributed by atoms with Crippen LogP contribution in [-0.4, -0.2) is 206 Å². The van der Waals surface area contributed by atoms with Gasteiger partial charge in [0, 0.05) is 74.5 Å². The number of hydroxylamine groups is 1. The zero-order valence-electron chi connectivity index (χ0n) is 54.8. The number of carbonyl (C=O) groups is 6.